The number of nitrogens with zero attached hydrogens (tertiary/aromatic N) is 1. The number of esters is 1. The van der Waals surface area contributed by atoms with Gasteiger partial charge in [0, 0.05) is 17.9 Å². The molecule has 0 aromatic heterocycles. The van der Waals surface area contributed by atoms with Crippen LogP contribution in [0, 0.1) is 23.7 Å². The van der Waals surface area contributed by atoms with Crippen LogP contribution >= 0.6 is 0 Å². The average molecular weight is 556 g/mol. The highest BCUT2D eigenvalue weighted by Gasteiger charge is 2.44. The molecule has 1 saturated heterocycles. The predicted molar refractivity (Wildman–Crippen MR) is 149 cm³/mol. The lowest BCUT2D eigenvalue weighted by molar-refractivity contribution is -0.283. The molecule has 39 heavy (non-hydrogen) atoms. The van der Waals surface area contributed by atoms with Crippen molar-refractivity contribution in [2.75, 3.05) is 14.1 Å². The van der Waals surface area contributed by atoms with E-state index in [0.717, 1.165) is 0 Å². The maximum Gasteiger partial charge on any atom is 0.311 e. The summed E-state index contributed by atoms with van der Waals surface area (Å²) in [6, 6.07) is -0.168. The number of carbonyl (C=O) groups is 2. The molecule has 0 aromatic rings. The third-order valence-electron chi connectivity index (χ3n) is 8.60. The van der Waals surface area contributed by atoms with Crippen molar-refractivity contribution in [1.82, 2.24) is 4.90 Å². The quantitative estimate of drug-likeness (QED) is 0.439. The van der Waals surface area contributed by atoms with Gasteiger partial charge in [-0.15, -0.1) is 0 Å². The summed E-state index contributed by atoms with van der Waals surface area (Å²) in [4.78, 5) is 28.5. The van der Waals surface area contributed by atoms with E-state index in [-0.39, 0.29) is 29.8 Å². The minimum absolute atomic E-state index is 0.115. The molecule has 3 N–H and O–H groups in total. The van der Waals surface area contributed by atoms with Gasteiger partial charge in [0.2, 0.25) is 0 Å². The van der Waals surface area contributed by atoms with E-state index >= 15 is 0 Å². The molecule has 0 amide bonds. The maximum atomic E-state index is 13.3. The minimum Gasteiger partial charge on any atom is -0.459 e. The number of ketones is 1. The number of hydrogen-bond acceptors (Lipinski definition) is 9. The third kappa shape index (κ3) is 8.33. The Morgan fingerprint density at radius 3 is 2.26 bits per heavy atom. The molecule has 1 fully saturated rings. The first-order valence-electron chi connectivity index (χ1n) is 14.5. The lowest BCUT2D eigenvalue weighted by Crippen LogP contribution is -2.56. The van der Waals surface area contributed by atoms with Crippen LogP contribution in [0.2, 0.25) is 0 Å². The standard InChI is InChI=1S/C30H53NO8/c1-11-12-23-30(8,36)15-18(4)24(32)16(2)13-17(3)27(20(6)25(33)21(7)28(35)38-23)39-29-26(34)22(31(9)10)14-19(5)37-29/h15-17,19-23,25-27,29,33-34,36H,11-14H2,1-10H3/t16-,17+,19+,20+,21-,22?,23-,25+,26?,27+,29+,30+/m1/s1. The molecule has 226 valence electrons. The highest BCUT2D eigenvalue weighted by molar-refractivity contribution is 5.96. The van der Waals surface area contributed by atoms with Crippen molar-refractivity contribution in [3.8, 4) is 0 Å². The molecule has 12 atom stereocenters. The van der Waals surface area contributed by atoms with E-state index in [2.05, 4.69) is 0 Å². The number of carbonyl (C=O) groups excluding carboxylic acids is 2. The number of hydrogen-bond donors (Lipinski definition) is 3. The van der Waals surface area contributed by atoms with Gasteiger partial charge in [-0.2, -0.15) is 0 Å². The van der Waals surface area contributed by atoms with Crippen LogP contribution in [0.15, 0.2) is 11.6 Å². The van der Waals surface area contributed by atoms with Gasteiger partial charge >= 0.3 is 5.97 Å². The van der Waals surface area contributed by atoms with Gasteiger partial charge in [0.1, 0.15) is 17.8 Å². The Labute approximate surface area is 234 Å². The summed E-state index contributed by atoms with van der Waals surface area (Å²) in [6.07, 6.45) is -0.986. The molecule has 0 aromatic carbocycles. The van der Waals surface area contributed by atoms with Gasteiger partial charge < -0.3 is 34.4 Å². The highest BCUT2D eigenvalue weighted by atomic mass is 16.7. The average Bonchev–Trinajstić information content (AvgIpc) is 2.85. The summed E-state index contributed by atoms with van der Waals surface area (Å²) in [7, 11) is 3.80. The Kier molecular flexibility index (Phi) is 12.2. The highest BCUT2D eigenvalue weighted by Crippen LogP contribution is 2.34. The molecule has 2 rings (SSSR count). The van der Waals surface area contributed by atoms with Gasteiger partial charge in [-0.1, -0.05) is 34.1 Å². The summed E-state index contributed by atoms with van der Waals surface area (Å²) in [5.74, 6) is -2.81. The molecule has 2 heterocycles. The first-order chi connectivity index (χ1) is 18.0. The summed E-state index contributed by atoms with van der Waals surface area (Å²) < 4.78 is 18.2. The summed E-state index contributed by atoms with van der Waals surface area (Å²) >= 11 is 0. The Bertz CT molecular complexity index is 858. The van der Waals surface area contributed by atoms with Crippen molar-refractivity contribution in [2.45, 2.75) is 130 Å². The van der Waals surface area contributed by atoms with Crippen LogP contribution in [0.1, 0.15) is 81.1 Å². The minimum atomic E-state index is -1.54. The van der Waals surface area contributed by atoms with E-state index in [1.54, 1.807) is 27.7 Å². The number of aliphatic hydroxyl groups is 3. The van der Waals surface area contributed by atoms with Crippen LogP contribution in [0.25, 0.3) is 0 Å². The van der Waals surface area contributed by atoms with Crippen molar-refractivity contribution >= 4 is 11.8 Å². The molecule has 2 aliphatic heterocycles. The van der Waals surface area contributed by atoms with Gasteiger partial charge in [-0.25, -0.2) is 0 Å². The van der Waals surface area contributed by atoms with Crippen molar-refractivity contribution in [3.63, 3.8) is 0 Å². The summed E-state index contributed by atoms with van der Waals surface area (Å²) in [5, 5.41) is 33.7. The van der Waals surface area contributed by atoms with Crippen molar-refractivity contribution in [3.05, 3.63) is 11.6 Å². The van der Waals surface area contributed by atoms with Crippen LogP contribution in [-0.2, 0) is 23.8 Å². The van der Waals surface area contributed by atoms with Gasteiger partial charge in [-0.3, -0.25) is 9.59 Å². The zero-order valence-corrected chi connectivity index (χ0v) is 25.6. The Morgan fingerprint density at radius 2 is 1.69 bits per heavy atom. The number of cyclic esters (lactones) is 1. The Morgan fingerprint density at radius 1 is 1.08 bits per heavy atom. The van der Waals surface area contributed by atoms with Crippen LogP contribution < -0.4 is 0 Å². The number of allylic oxidation sites excluding steroid dienone is 1. The molecule has 0 radical (unpaired) electrons. The van der Waals surface area contributed by atoms with Crippen LogP contribution in [-0.4, -0.2) is 94.5 Å². The molecule has 9 nitrogen and oxygen atoms in total. The number of ether oxygens (including phenoxy) is 3. The predicted octanol–water partition coefficient (Wildman–Crippen LogP) is 3.08. The van der Waals surface area contributed by atoms with Gasteiger partial charge in [0.05, 0.1) is 24.2 Å². The second-order valence-electron chi connectivity index (χ2n) is 12.6. The van der Waals surface area contributed by atoms with Gasteiger partial charge in [0.15, 0.2) is 12.1 Å². The summed E-state index contributed by atoms with van der Waals surface area (Å²) in [6.45, 7) is 14.3. The molecule has 0 spiro atoms. The molecule has 2 aliphatic rings. The first kappa shape index (κ1) is 33.8. The molecule has 0 saturated carbocycles. The second kappa shape index (κ2) is 14.0. The lowest BCUT2D eigenvalue weighted by Gasteiger charge is -2.44. The number of likely N-dealkylation sites (N-methyl/N-ethyl adjacent to an activating group) is 1. The third-order valence-corrected chi connectivity index (χ3v) is 8.60. The number of aliphatic hydroxyl groups excluding tert-OH is 2. The molecule has 0 bridgehead atoms. The van der Waals surface area contributed by atoms with E-state index < -0.39 is 54.1 Å². The second-order valence-corrected chi connectivity index (χ2v) is 12.6. The van der Waals surface area contributed by atoms with E-state index in [9.17, 15) is 24.9 Å². The largest absolute Gasteiger partial charge is 0.459 e. The van der Waals surface area contributed by atoms with E-state index in [1.165, 1.54) is 6.08 Å². The fraction of sp³-hybridized carbons (Fsp3) is 0.867. The zero-order valence-electron chi connectivity index (χ0n) is 25.6. The van der Waals surface area contributed by atoms with Gasteiger partial charge in [-0.05, 0) is 78.6 Å². The first-order valence-corrected chi connectivity index (χ1v) is 14.5. The van der Waals surface area contributed by atoms with Crippen molar-refractivity contribution < 1.29 is 39.1 Å². The molecule has 0 aliphatic carbocycles. The Balaban J connectivity index is 2.48. The fourth-order valence-corrected chi connectivity index (χ4v) is 6.15. The van der Waals surface area contributed by atoms with Crippen LogP contribution in [0.5, 0.6) is 0 Å². The van der Waals surface area contributed by atoms with Crippen LogP contribution in [0.3, 0.4) is 0 Å². The number of Topliss-reactive ketones (excluding diaryl/α,β-unsaturated/α-hetero) is 1. The monoisotopic (exact) mass is 555 g/mol. The number of rotatable bonds is 5. The fourth-order valence-electron chi connectivity index (χ4n) is 6.15. The van der Waals surface area contributed by atoms with Gasteiger partial charge in [0.25, 0.3) is 0 Å². The normalized spacial score (nSPS) is 43.5. The molecule has 2 unspecified atom stereocenters. The maximum absolute atomic E-state index is 13.3. The smallest absolute Gasteiger partial charge is 0.311 e. The lowest BCUT2D eigenvalue weighted by atomic mass is 9.79. The van der Waals surface area contributed by atoms with Crippen molar-refractivity contribution in [2.24, 2.45) is 23.7 Å². The zero-order chi connectivity index (χ0) is 29.8. The van der Waals surface area contributed by atoms with Crippen molar-refractivity contribution in [1.29, 1.82) is 0 Å². The SMILES string of the molecule is CCC[C@H]1OC(=O)[C@H](C)[C@@H](O)[C@H](C)[C@@H](O[C@@H]2O[C@@H](C)CC(N(C)C)C2O)[C@@H](C)C[C@@H](C)C(=O)C(C)=C[C@]1(C)O. The van der Waals surface area contributed by atoms with E-state index in [1.807, 2.05) is 46.7 Å². The molecular weight excluding hydrogens is 502 g/mol. The van der Waals surface area contributed by atoms with E-state index in [4.69, 9.17) is 14.2 Å². The Hall–Kier alpha value is -1.36. The van der Waals surface area contributed by atoms with E-state index in [0.29, 0.717) is 31.3 Å². The molecular formula is C30H53NO8. The van der Waals surface area contributed by atoms with Crippen LogP contribution in [0.4, 0.5) is 0 Å². The summed E-state index contributed by atoms with van der Waals surface area (Å²) in [5.41, 5.74) is -1.14. The topological polar surface area (TPSA) is 126 Å². The molecule has 9 heteroatoms.